The van der Waals surface area contributed by atoms with E-state index in [2.05, 4.69) is 4.74 Å². The van der Waals surface area contributed by atoms with Crippen molar-refractivity contribution in [2.75, 3.05) is 13.3 Å². The van der Waals surface area contributed by atoms with Crippen LogP contribution in [0.4, 0.5) is 4.39 Å². The first-order valence-corrected chi connectivity index (χ1v) is 3.12. The predicted octanol–water partition coefficient (Wildman–Crippen LogP) is 1.47. The molecule has 2 nitrogen and oxygen atoms in total. The zero-order valence-corrected chi connectivity index (χ0v) is 6.19. The maximum atomic E-state index is 11.6. The van der Waals surface area contributed by atoms with Crippen LogP contribution in [0.5, 0.6) is 0 Å². The lowest BCUT2D eigenvalue weighted by molar-refractivity contribution is -0.138. The van der Waals surface area contributed by atoms with Gasteiger partial charge in [0.05, 0.1) is 6.61 Å². The van der Waals surface area contributed by atoms with Crippen LogP contribution in [0.1, 0.15) is 13.8 Å². The minimum Gasteiger partial charge on any atom is -0.463 e. The molecule has 0 saturated heterocycles. The number of carbonyl (C=O) groups excluding carboxylic acids is 1. The number of hydrogen-bond acceptors (Lipinski definition) is 2. The van der Waals surface area contributed by atoms with Gasteiger partial charge in [-0.3, -0.25) is 0 Å². The Bertz CT molecular complexity index is 141. The maximum absolute atomic E-state index is 11.6. The molecule has 0 aromatic heterocycles. The van der Waals surface area contributed by atoms with Gasteiger partial charge in [0.25, 0.3) is 0 Å². The summed E-state index contributed by atoms with van der Waals surface area (Å²) in [4.78, 5) is 10.7. The molecule has 0 aromatic rings. The quantitative estimate of drug-likeness (QED) is 0.445. The highest BCUT2D eigenvalue weighted by atomic mass is 19.1. The molecule has 0 radical (unpaired) electrons. The topological polar surface area (TPSA) is 26.3 Å². The van der Waals surface area contributed by atoms with Gasteiger partial charge in [-0.1, -0.05) is 0 Å². The summed E-state index contributed by atoms with van der Waals surface area (Å²) in [5, 5.41) is 0. The van der Waals surface area contributed by atoms with Crippen molar-refractivity contribution in [3.8, 4) is 0 Å². The molecule has 0 fully saturated rings. The Kier molecular flexibility index (Phi) is 4.54. The molecule has 0 saturated carbocycles. The van der Waals surface area contributed by atoms with E-state index in [1.165, 1.54) is 13.0 Å². The van der Waals surface area contributed by atoms with E-state index in [4.69, 9.17) is 0 Å². The molecule has 0 heterocycles. The number of alkyl halides is 1. The van der Waals surface area contributed by atoms with E-state index >= 15 is 0 Å². The fraction of sp³-hybridized carbons (Fsp3) is 0.571. The molecule has 0 aliphatic rings. The van der Waals surface area contributed by atoms with Gasteiger partial charge in [0.2, 0.25) is 0 Å². The Hall–Kier alpha value is -0.860. The summed E-state index contributed by atoms with van der Waals surface area (Å²) in [5.41, 5.74) is 0.323. The van der Waals surface area contributed by atoms with E-state index < -0.39 is 12.6 Å². The Morgan fingerprint density at radius 3 is 2.70 bits per heavy atom. The Morgan fingerprint density at radius 1 is 1.70 bits per heavy atom. The molecular weight excluding hydrogens is 135 g/mol. The lowest BCUT2D eigenvalue weighted by atomic mass is 10.3. The second-order valence-electron chi connectivity index (χ2n) is 1.76. The molecule has 0 atom stereocenters. The maximum Gasteiger partial charge on any atom is 0.333 e. The number of rotatable bonds is 3. The van der Waals surface area contributed by atoms with Gasteiger partial charge in [0, 0.05) is 5.57 Å². The summed E-state index contributed by atoms with van der Waals surface area (Å²) in [6.45, 7) is 2.94. The van der Waals surface area contributed by atoms with Crippen LogP contribution in [0.2, 0.25) is 0 Å². The number of ether oxygens (including phenoxy) is 1. The number of esters is 1. The molecule has 0 aromatic carbocycles. The fourth-order valence-electron chi connectivity index (χ4n) is 0.444. The van der Waals surface area contributed by atoms with Crippen LogP contribution in [-0.2, 0) is 9.53 Å². The van der Waals surface area contributed by atoms with Gasteiger partial charge in [-0.2, -0.15) is 0 Å². The van der Waals surface area contributed by atoms with Gasteiger partial charge in [-0.25, -0.2) is 9.18 Å². The number of carbonyl (C=O) groups is 1. The Labute approximate surface area is 59.7 Å². The minimum absolute atomic E-state index is 0.323. The normalized spacial score (nSPS) is 11.3. The largest absolute Gasteiger partial charge is 0.463 e. The SMILES string of the molecule is CCOC(=O)/C(C)=C/CF. The average molecular weight is 146 g/mol. The molecule has 0 N–H and O–H groups in total. The molecule has 58 valence electrons. The number of hydrogen-bond donors (Lipinski definition) is 0. The molecule has 0 spiro atoms. The molecule has 0 amide bonds. The minimum atomic E-state index is -0.620. The van der Waals surface area contributed by atoms with E-state index in [1.807, 2.05) is 0 Å². The highest BCUT2D eigenvalue weighted by Crippen LogP contribution is 1.95. The molecule has 0 aliphatic carbocycles. The second-order valence-corrected chi connectivity index (χ2v) is 1.76. The first-order valence-electron chi connectivity index (χ1n) is 3.12. The van der Waals surface area contributed by atoms with Crippen LogP contribution >= 0.6 is 0 Å². The van der Waals surface area contributed by atoms with Crippen molar-refractivity contribution < 1.29 is 13.9 Å². The Balaban J connectivity index is 3.82. The molecule has 3 heteroatoms. The zero-order valence-electron chi connectivity index (χ0n) is 6.19. The highest BCUT2D eigenvalue weighted by molar-refractivity contribution is 5.87. The van der Waals surface area contributed by atoms with Crippen molar-refractivity contribution in [1.82, 2.24) is 0 Å². The lowest BCUT2D eigenvalue weighted by Crippen LogP contribution is -2.05. The second kappa shape index (κ2) is 4.97. The summed E-state index contributed by atoms with van der Waals surface area (Å²) < 4.78 is 16.1. The van der Waals surface area contributed by atoms with Gasteiger partial charge in [-0.15, -0.1) is 0 Å². The van der Waals surface area contributed by atoms with Crippen molar-refractivity contribution in [2.45, 2.75) is 13.8 Å². The van der Waals surface area contributed by atoms with Crippen LogP contribution in [0.3, 0.4) is 0 Å². The van der Waals surface area contributed by atoms with Gasteiger partial charge in [-0.05, 0) is 19.9 Å². The zero-order chi connectivity index (χ0) is 7.98. The van der Waals surface area contributed by atoms with E-state index in [1.54, 1.807) is 6.92 Å². The molecule has 0 rings (SSSR count). The van der Waals surface area contributed by atoms with Gasteiger partial charge < -0.3 is 4.74 Å². The molecule has 10 heavy (non-hydrogen) atoms. The van der Waals surface area contributed by atoms with Crippen LogP contribution < -0.4 is 0 Å². The third-order valence-electron chi connectivity index (χ3n) is 0.981. The van der Waals surface area contributed by atoms with E-state index in [9.17, 15) is 9.18 Å². The lowest BCUT2D eigenvalue weighted by Gasteiger charge is -1.98. The van der Waals surface area contributed by atoms with Crippen molar-refractivity contribution >= 4 is 5.97 Å². The average Bonchev–Trinajstić information content (AvgIpc) is 1.89. The standard InChI is InChI=1S/C7H11FO2/c1-3-10-7(9)6(2)4-5-8/h4H,3,5H2,1-2H3/b6-4+. The van der Waals surface area contributed by atoms with Crippen LogP contribution in [-0.4, -0.2) is 19.3 Å². The summed E-state index contributed by atoms with van der Waals surface area (Å²) >= 11 is 0. The van der Waals surface area contributed by atoms with Crippen LogP contribution in [0.15, 0.2) is 11.6 Å². The predicted molar refractivity (Wildman–Crippen MR) is 36.4 cm³/mol. The molecule has 0 bridgehead atoms. The summed E-state index contributed by atoms with van der Waals surface area (Å²) in [7, 11) is 0. The first-order chi connectivity index (χ1) is 4.72. The van der Waals surface area contributed by atoms with E-state index in [-0.39, 0.29) is 0 Å². The summed E-state index contributed by atoms with van der Waals surface area (Å²) in [6, 6.07) is 0. The molecule has 0 unspecified atom stereocenters. The van der Waals surface area contributed by atoms with Crippen molar-refractivity contribution in [3.63, 3.8) is 0 Å². The third-order valence-corrected chi connectivity index (χ3v) is 0.981. The van der Waals surface area contributed by atoms with Gasteiger partial charge in [0.1, 0.15) is 6.67 Å². The van der Waals surface area contributed by atoms with Crippen molar-refractivity contribution in [2.24, 2.45) is 0 Å². The highest BCUT2D eigenvalue weighted by Gasteiger charge is 2.01. The number of halogens is 1. The molecule has 0 aliphatic heterocycles. The Morgan fingerprint density at radius 2 is 2.30 bits per heavy atom. The monoisotopic (exact) mass is 146 g/mol. The third kappa shape index (κ3) is 3.22. The summed E-state index contributed by atoms with van der Waals surface area (Å²) in [6.07, 6.45) is 1.19. The molecular formula is C7H11FO2. The first kappa shape index (κ1) is 9.14. The van der Waals surface area contributed by atoms with Gasteiger partial charge >= 0.3 is 5.97 Å². The number of allylic oxidation sites excluding steroid dienone is 1. The van der Waals surface area contributed by atoms with Crippen molar-refractivity contribution in [1.29, 1.82) is 0 Å². The fourth-order valence-corrected chi connectivity index (χ4v) is 0.444. The van der Waals surface area contributed by atoms with Crippen molar-refractivity contribution in [3.05, 3.63) is 11.6 Å². The van der Waals surface area contributed by atoms with Crippen LogP contribution in [0, 0.1) is 0 Å². The smallest absolute Gasteiger partial charge is 0.333 e. The van der Waals surface area contributed by atoms with E-state index in [0.29, 0.717) is 12.2 Å². The summed E-state index contributed by atoms with van der Waals surface area (Å²) in [5.74, 6) is -0.444. The van der Waals surface area contributed by atoms with E-state index in [0.717, 1.165) is 0 Å². The van der Waals surface area contributed by atoms with Gasteiger partial charge in [0.15, 0.2) is 0 Å². The van der Waals surface area contributed by atoms with Crippen LogP contribution in [0.25, 0.3) is 0 Å².